The summed E-state index contributed by atoms with van der Waals surface area (Å²) in [6.07, 6.45) is 0.0359. The van der Waals surface area contributed by atoms with Gasteiger partial charge in [-0.2, -0.15) is 10.2 Å². The molecule has 2 amide bonds. The van der Waals surface area contributed by atoms with E-state index in [1.54, 1.807) is 54.6 Å². The molecular formula is C26H26N4O5. The first kappa shape index (κ1) is 25.3. The number of carbonyl (C=O) groups excluding carboxylic acids is 2. The molecule has 2 atom stereocenters. The van der Waals surface area contributed by atoms with Gasteiger partial charge in [-0.1, -0.05) is 60.7 Å². The van der Waals surface area contributed by atoms with Gasteiger partial charge in [0.15, 0.2) is 0 Å². The van der Waals surface area contributed by atoms with Gasteiger partial charge in [-0.3, -0.25) is 9.59 Å². The summed E-state index contributed by atoms with van der Waals surface area (Å²) in [6, 6.07) is 22.5. The molecule has 0 aliphatic rings. The third-order valence-corrected chi connectivity index (χ3v) is 5.07. The van der Waals surface area contributed by atoms with Crippen LogP contribution in [0.2, 0.25) is 0 Å². The van der Waals surface area contributed by atoms with E-state index in [-0.39, 0.29) is 12.8 Å². The fraction of sp³-hybridized carbons (Fsp3) is 0.192. The molecule has 4 N–H and O–H groups in total. The number of aliphatic carboxylic acids is 1. The standard InChI is InChI=1S/C26H26N4O5/c31-17-23(25(33)28-22(26(34)35)15-18-7-3-1-4-8-18)27-24(32)16-19-11-13-21(14-12-19)30-29-20-9-5-2-6-10-20/h1-14,22-23,31H,15-17H2,(H,27,32)(H,28,33)(H,34,35)/t22-,23-/m0/s1. The van der Waals surface area contributed by atoms with Crippen molar-refractivity contribution in [2.75, 3.05) is 6.61 Å². The lowest BCUT2D eigenvalue weighted by Gasteiger charge is -2.20. The third kappa shape index (κ3) is 8.17. The number of hydrogen-bond acceptors (Lipinski definition) is 6. The van der Waals surface area contributed by atoms with Crippen molar-refractivity contribution in [1.29, 1.82) is 0 Å². The summed E-state index contributed by atoms with van der Waals surface area (Å²) >= 11 is 0. The van der Waals surface area contributed by atoms with Gasteiger partial charge < -0.3 is 20.8 Å². The van der Waals surface area contributed by atoms with Gasteiger partial charge in [0.2, 0.25) is 11.8 Å². The molecule has 180 valence electrons. The molecule has 0 aliphatic heterocycles. The predicted molar refractivity (Wildman–Crippen MR) is 129 cm³/mol. The molecule has 35 heavy (non-hydrogen) atoms. The zero-order valence-corrected chi connectivity index (χ0v) is 18.9. The summed E-state index contributed by atoms with van der Waals surface area (Å²) in [5.74, 6) is -2.48. The Balaban J connectivity index is 1.54. The lowest BCUT2D eigenvalue weighted by Crippen LogP contribution is -2.53. The van der Waals surface area contributed by atoms with Crippen molar-refractivity contribution in [3.8, 4) is 0 Å². The van der Waals surface area contributed by atoms with Crippen LogP contribution in [-0.4, -0.2) is 46.7 Å². The van der Waals surface area contributed by atoms with Crippen molar-refractivity contribution in [2.45, 2.75) is 24.9 Å². The number of carboxylic acid groups (broad SMARTS) is 1. The second-order valence-corrected chi connectivity index (χ2v) is 7.77. The smallest absolute Gasteiger partial charge is 0.326 e. The van der Waals surface area contributed by atoms with Crippen LogP contribution >= 0.6 is 0 Å². The molecule has 0 spiro atoms. The summed E-state index contributed by atoms with van der Waals surface area (Å²) in [5, 5.41) is 32.2. The van der Waals surface area contributed by atoms with Gasteiger partial charge in [0.1, 0.15) is 12.1 Å². The largest absolute Gasteiger partial charge is 0.480 e. The van der Waals surface area contributed by atoms with E-state index >= 15 is 0 Å². The van der Waals surface area contributed by atoms with Crippen LogP contribution in [0.1, 0.15) is 11.1 Å². The summed E-state index contributed by atoms with van der Waals surface area (Å²) in [6.45, 7) is -0.673. The highest BCUT2D eigenvalue weighted by atomic mass is 16.4. The maximum Gasteiger partial charge on any atom is 0.326 e. The average molecular weight is 475 g/mol. The number of carboxylic acids is 1. The number of carbonyl (C=O) groups is 3. The van der Waals surface area contributed by atoms with Crippen molar-refractivity contribution >= 4 is 29.2 Å². The van der Waals surface area contributed by atoms with Crippen LogP contribution in [0.5, 0.6) is 0 Å². The van der Waals surface area contributed by atoms with Crippen LogP contribution in [-0.2, 0) is 27.2 Å². The molecule has 3 aromatic rings. The van der Waals surface area contributed by atoms with Gasteiger partial charge in [0, 0.05) is 6.42 Å². The minimum atomic E-state index is -1.28. The topological polar surface area (TPSA) is 140 Å². The molecule has 3 aromatic carbocycles. The highest BCUT2D eigenvalue weighted by Gasteiger charge is 2.26. The first-order valence-corrected chi connectivity index (χ1v) is 11.0. The van der Waals surface area contributed by atoms with E-state index < -0.39 is 36.5 Å². The Hall–Kier alpha value is -4.37. The Kier molecular flexibility index (Phi) is 9.21. The van der Waals surface area contributed by atoms with Crippen LogP contribution in [0.3, 0.4) is 0 Å². The van der Waals surface area contributed by atoms with Crippen molar-refractivity contribution in [3.63, 3.8) is 0 Å². The van der Waals surface area contributed by atoms with Crippen LogP contribution in [0.4, 0.5) is 11.4 Å². The molecule has 0 saturated heterocycles. The number of aliphatic hydroxyl groups excluding tert-OH is 1. The van der Waals surface area contributed by atoms with Gasteiger partial charge in [-0.25, -0.2) is 4.79 Å². The number of benzene rings is 3. The summed E-state index contributed by atoms with van der Waals surface area (Å²) in [7, 11) is 0. The molecule has 0 radical (unpaired) electrons. The minimum absolute atomic E-state index is 0.0355. The summed E-state index contributed by atoms with van der Waals surface area (Å²) < 4.78 is 0. The average Bonchev–Trinajstić information content (AvgIpc) is 2.87. The van der Waals surface area contributed by atoms with E-state index in [0.29, 0.717) is 11.3 Å². The second kappa shape index (κ2) is 12.8. The normalized spacial score (nSPS) is 12.6. The van der Waals surface area contributed by atoms with E-state index in [1.807, 2.05) is 30.3 Å². The van der Waals surface area contributed by atoms with Gasteiger partial charge in [0.05, 0.1) is 24.4 Å². The van der Waals surface area contributed by atoms with E-state index in [0.717, 1.165) is 11.3 Å². The Morgan fingerprint density at radius 3 is 1.86 bits per heavy atom. The Bertz CT molecular complexity index is 1150. The summed E-state index contributed by atoms with van der Waals surface area (Å²) in [4.78, 5) is 36.6. The molecule has 0 aliphatic carbocycles. The van der Waals surface area contributed by atoms with Gasteiger partial charge in [-0.05, 0) is 35.4 Å². The van der Waals surface area contributed by atoms with Crippen molar-refractivity contribution in [1.82, 2.24) is 10.6 Å². The van der Waals surface area contributed by atoms with Crippen molar-refractivity contribution in [2.24, 2.45) is 10.2 Å². The maximum atomic E-state index is 12.5. The summed E-state index contributed by atoms with van der Waals surface area (Å²) in [5.41, 5.74) is 2.74. The highest BCUT2D eigenvalue weighted by Crippen LogP contribution is 2.18. The lowest BCUT2D eigenvalue weighted by atomic mass is 10.1. The number of azo groups is 1. The maximum absolute atomic E-state index is 12.5. The number of rotatable bonds is 11. The Morgan fingerprint density at radius 1 is 0.714 bits per heavy atom. The SMILES string of the molecule is O=C(Cc1ccc(N=Nc2ccccc2)cc1)N[C@@H](CO)C(=O)N[C@@H](Cc1ccccc1)C(=O)O. The molecule has 9 nitrogen and oxygen atoms in total. The Labute approximate surface area is 202 Å². The fourth-order valence-electron chi connectivity index (χ4n) is 3.24. The van der Waals surface area contributed by atoms with Crippen LogP contribution in [0.15, 0.2) is 95.2 Å². The van der Waals surface area contributed by atoms with Crippen LogP contribution < -0.4 is 10.6 Å². The molecular weight excluding hydrogens is 448 g/mol. The number of nitrogens with zero attached hydrogens (tertiary/aromatic N) is 2. The van der Waals surface area contributed by atoms with Gasteiger partial charge in [0.25, 0.3) is 0 Å². The first-order valence-electron chi connectivity index (χ1n) is 11.0. The minimum Gasteiger partial charge on any atom is -0.480 e. The predicted octanol–water partition coefficient (Wildman–Crippen LogP) is 2.93. The molecule has 0 saturated carbocycles. The number of hydrogen-bond donors (Lipinski definition) is 4. The van der Waals surface area contributed by atoms with Crippen LogP contribution in [0, 0.1) is 0 Å². The molecule has 0 heterocycles. The molecule has 0 bridgehead atoms. The van der Waals surface area contributed by atoms with Crippen molar-refractivity contribution in [3.05, 3.63) is 96.1 Å². The second-order valence-electron chi connectivity index (χ2n) is 7.77. The Morgan fingerprint density at radius 2 is 1.29 bits per heavy atom. The van der Waals surface area contributed by atoms with E-state index in [1.165, 1.54) is 0 Å². The first-order chi connectivity index (χ1) is 16.9. The van der Waals surface area contributed by atoms with Gasteiger partial charge >= 0.3 is 5.97 Å². The zero-order chi connectivity index (χ0) is 25.0. The fourth-order valence-corrected chi connectivity index (χ4v) is 3.24. The number of nitrogens with one attached hydrogen (secondary N) is 2. The number of amides is 2. The van der Waals surface area contributed by atoms with Crippen LogP contribution in [0.25, 0.3) is 0 Å². The van der Waals surface area contributed by atoms with E-state index in [4.69, 9.17) is 0 Å². The highest BCUT2D eigenvalue weighted by molar-refractivity contribution is 5.91. The van der Waals surface area contributed by atoms with Crippen molar-refractivity contribution < 1.29 is 24.6 Å². The molecule has 9 heteroatoms. The molecule has 3 rings (SSSR count). The van der Waals surface area contributed by atoms with Gasteiger partial charge in [-0.15, -0.1) is 0 Å². The monoisotopic (exact) mass is 474 g/mol. The lowest BCUT2D eigenvalue weighted by molar-refractivity contribution is -0.142. The zero-order valence-electron chi connectivity index (χ0n) is 18.9. The molecule has 0 aromatic heterocycles. The third-order valence-electron chi connectivity index (χ3n) is 5.07. The quantitative estimate of drug-likeness (QED) is 0.316. The van der Waals surface area contributed by atoms with E-state index in [9.17, 15) is 24.6 Å². The molecule has 0 fully saturated rings. The van der Waals surface area contributed by atoms with E-state index in [2.05, 4.69) is 20.9 Å². The molecule has 0 unspecified atom stereocenters. The number of aliphatic hydroxyl groups is 1.